The second kappa shape index (κ2) is 4.83. The van der Waals surface area contributed by atoms with Gasteiger partial charge in [0.25, 0.3) is 0 Å². The number of nitrogens with zero attached hydrogens (tertiary/aromatic N) is 2. The Morgan fingerprint density at radius 2 is 1.78 bits per heavy atom. The van der Waals surface area contributed by atoms with Crippen molar-refractivity contribution in [1.82, 2.24) is 9.97 Å². The Morgan fingerprint density at radius 3 is 2.39 bits per heavy atom. The second-order valence-corrected chi connectivity index (χ2v) is 4.10. The number of anilines is 2. The minimum atomic E-state index is -1.07. The molecule has 2 rings (SSSR count). The van der Waals surface area contributed by atoms with Crippen molar-refractivity contribution in [3.8, 4) is 0 Å². The molecule has 2 N–H and O–H groups in total. The average molecular weight is 243 g/mol. The van der Waals surface area contributed by atoms with Crippen LogP contribution in [0, 0.1) is 13.8 Å². The Bertz CT molecular complexity index is 576. The molecule has 92 valence electrons. The summed E-state index contributed by atoms with van der Waals surface area (Å²) in [6, 6.07) is 7.40. The SMILES string of the molecule is Cc1cc(C)cc(Nc2cc(C(=O)O)ncn2)c1. The number of aromatic carboxylic acids is 1. The summed E-state index contributed by atoms with van der Waals surface area (Å²) in [6.07, 6.45) is 1.23. The number of rotatable bonds is 3. The first-order valence-electron chi connectivity index (χ1n) is 5.45. The van der Waals surface area contributed by atoms with E-state index in [1.54, 1.807) is 0 Å². The van der Waals surface area contributed by atoms with Crippen LogP contribution in [0.25, 0.3) is 0 Å². The van der Waals surface area contributed by atoms with Gasteiger partial charge in [-0.1, -0.05) is 6.07 Å². The van der Waals surface area contributed by atoms with E-state index in [0.29, 0.717) is 5.82 Å². The van der Waals surface area contributed by atoms with Gasteiger partial charge in [-0.05, 0) is 37.1 Å². The molecule has 1 aromatic carbocycles. The zero-order valence-corrected chi connectivity index (χ0v) is 10.1. The van der Waals surface area contributed by atoms with Crippen LogP contribution in [-0.2, 0) is 0 Å². The van der Waals surface area contributed by atoms with E-state index in [2.05, 4.69) is 21.4 Å². The molecular formula is C13H13N3O2. The van der Waals surface area contributed by atoms with Gasteiger partial charge >= 0.3 is 5.97 Å². The van der Waals surface area contributed by atoms with Crippen molar-refractivity contribution in [3.05, 3.63) is 47.4 Å². The number of hydrogen-bond acceptors (Lipinski definition) is 4. The number of nitrogens with one attached hydrogen (secondary N) is 1. The Morgan fingerprint density at radius 1 is 1.11 bits per heavy atom. The van der Waals surface area contributed by atoms with Crippen LogP contribution in [0.5, 0.6) is 0 Å². The summed E-state index contributed by atoms with van der Waals surface area (Å²) in [5.41, 5.74) is 3.11. The maximum Gasteiger partial charge on any atom is 0.354 e. The van der Waals surface area contributed by atoms with E-state index in [-0.39, 0.29) is 5.69 Å². The molecule has 0 atom stereocenters. The standard InChI is InChI=1S/C13H13N3O2/c1-8-3-9(2)5-10(4-8)16-12-6-11(13(17)18)14-7-15-12/h3-7H,1-2H3,(H,17,18)(H,14,15,16). The van der Waals surface area contributed by atoms with Gasteiger partial charge in [0.2, 0.25) is 0 Å². The molecule has 18 heavy (non-hydrogen) atoms. The number of aromatic nitrogens is 2. The van der Waals surface area contributed by atoms with E-state index in [0.717, 1.165) is 16.8 Å². The summed E-state index contributed by atoms with van der Waals surface area (Å²) in [4.78, 5) is 18.5. The first kappa shape index (κ1) is 12.0. The van der Waals surface area contributed by atoms with Crippen molar-refractivity contribution in [2.45, 2.75) is 13.8 Å². The second-order valence-electron chi connectivity index (χ2n) is 4.10. The van der Waals surface area contributed by atoms with Crippen molar-refractivity contribution in [1.29, 1.82) is 0 Å². The van der Waals surface area contributed by atoms with Gasteiger partial charge in [0.1, 0.15) is 12.1 Å². The number of carbonyl (C=O) groups is 1. The van der Waals surface area contributed by atoms with E-state index in [1.807, 2.05) is 26.0 Å². The highest BCUT2D eigenvalue weighted by Gasteiger charge is 2.06. The van der Waals surface area contributed by atoms with Crippen molar-refractivity contribution in [2.24, 2.45) is 0 Å². The highest BCUT2D eigenvalue weighted by Crippen LogP contribution is 2.18. The summed E-state index contributed by atoms with van der Waals surface area (Å²) in [5.74, 6) is -0.603. The normalized spacial score (nSPS) is 10.1. The summed E-state index contributed by atoms with van der Waals surface area (Å²) in [5, 5.41) is 11.9. The fraction of sp³-hybridized carbons (Fsp3) is 0.154. The van der Waals surface area contributed by atoms with Crippen LogP contribution >= 0.6 is 0 Å². The van der Waals surface area contributed by atoms with Crippen LogP contribution < -0.4 is 5.32 Å². The van der Waals surface area contributed by atoms with E-state index in [1.165, 1.54) is 12.4 Å². The molecule has 0 saturated heterocycles. The van der Waals surface area contributed by atoms with Gasteiger partial charge in [0, 0.05) is 11.8 Å². The summed E-state index contributed by atoms with van der Waals surface area (Å²) in [7, 11) is 0. The summed E-state index contributed by atoms with van der Waals surface area (Å²) in [6.45, 7) is 4.00. The Balaban J connectivity index is 2.28. The molecule has 0 saturated carbocycles. The van der Waals surface area contributed by atoms with Crippen molar-refractivity contribution in [2.75, 3.05) is 5.32 Å². The van der Waals surface area contributed by atoms with E-state index in [4.69, 9.17) is 5.11 Å². The van der Waals surface area contributed by atoms with Crippen LogP contribution in [-0.4, -0.2) is 21.0 Å². The van der Waals surface area contributed by atoms with Gasteiger partial charge in [-0.25, -0.2) is 14.8 Å². The molecule has 2 aromatic rings. The topological polar surface area (TPSA) is 75.1 Å². The highest BCUT2D eigenvalue weighted by atomic mass is 16.4. The minimum Gasteiger partial charge on any atom is -0.477 e. The molecule has 0 radical (unpaired) electrons. The summed E-state index contributed by atoms with van der Waals surface area (Å²) < 4.78 is 0. The average Bonchev–Trinajstić information content (AvgIpc) is 2.27. The van der Waals surface area contributed by atoms with E-state index >= 15 is 0 Å². The van der Waals surface area contributed by atoms with Crippen LogP contribution in [0.1, 0.15) is 21.6 Å². The van der Waals surface area contributed by atoms with Crippen molar-refractivity contribution >= 4 is 17.5 Å². The number of aryl methyl sites for hydroxylation is 2. The Kier molecular flexibility index (Phi) is 3.23. The summed E-state index contributed by atoms with van der Waals surface area (Å²) >= 11 is 0. The van der Waals surface area contributed by atoms with Gasteiger partial charge in [0.15, 0.2) is 5.69 Å². The molecule has 0 unspecified atom stereocenters. The lowest BCUT2D eigenvalue weighted by molar-refractivity contribution is 0.0690. The smallest absolute Gasteiger partial charge is 0.354 e. The molecular weight excluding hydrogens is 230 g/mol. The third-order valence-corrected chi connectivity index (χ3v) is 2.38. The Hall–Kier alpha value is -2.43. The van der Waals surface area contributed by atoms with Gasteiger partial charge in [-0.3, -0.25) is 0 Å². The maximum absolute atomic E-state index is 10.8. The van der Waals surface area contributed by atoms with Crippen LogP contribution in [0.15, 0.2) is 30.6 Å². The lowest BCUT2D eigenvalue weighted by atomic mass is 10.1. The minimum absolute atomic E-state index is 0.0307. The predicted octanol–water partition coefficient (Wildman–Crippen LogP) is 2.54. The predicted molar refractivity (Wildman–Crippen MR) is 68.2 cm³/mol. The monoisotopic (exact) mass is 243 g/mol. The molecule has 0 bridgehead atoms. The molecule has 0 fully saturated rings. The zero-order valence-electron chi connectivity index (χ0n) is 10.1. The first-order chi connectivity index (χ1) is 8.54. The van der Waals surface area contributed by atoms with Crippen LogP contribution in [0.3, 0.4) is 0 Å². The molecule has 0 aliphatic rings. The van der Waals surface area contributed by atoms with Gasteiger partial charge < -0.3 is 10.4 Å². The zero-order chi connectivity index (χ0) is 13.1. The third-order valence-electron chi connectivity index (χ3n) is 2.38. The molecule has 0 spiro atoms. The lowest BCUT2D eigenvalue weighted by Crippen LogP contribution is -2.03. The fourth-order valence-electron chi connectivity index (χ4n) is 1.74. The van der Waals surface area contributed by atoms with Gasteiger partial charge in [0.05, 0.1) is 0 Å². The molecule has 1 heterocycles. The molecule has 0 amide bonds. The van der Waals surface area contributed by atoms with E-state index < -0.39 is 5.97 Å². The highest BCUT2D eigenvalue weighted by molar-refractivity contribution is 5.86. The molecule has 5 nitrogen and oxygen atoms in total. The van der Waals surface area contributed by atoms with Crippen LogP contribution in [0.4, 0.5) is 11.5 Å². The molecule has 1 aromatic heterocycles. The van der Waals surface area contributed by atoms with Gasteiger partial charge in [-0.15, -0.1) is 0 Å². The van der Waals surface area contributed by atoms with Crippen LogP contribution in [0.2, 0.25) is 0 Å². The molecule has 0 aliphatic carbocycles. The van der Waals surface area contributed by atoms with Crippen molar-refractivity contribution in [3.63, 3.8) is 0 Å². The number of benzene rings is 1. The fourth-order valence-corrected chi connectivity index (χ4v) is 1.74. The lowest BCUT2D eigenvalue weighted by Gasteiger charge is -2.07. The first-order valence-corrected chi connectivity index (χ1v) is 5.45. The largest absolute Gasteiger partial charge is 0.477 e. The number of carboxylic acids is 1. The molecule has 0 aliphatic heterocycles. The third kappa shape index (κ3) is 2.82. The maximum atomic E-state index is 10.8. The quantitative estimate of drug-likeness (QED) is 0.866. The number of hydrogen-bond donors (Lipinski definition) is 2. The molecule has 5 heteroatoms. The van der Waals surface area contributed by atoms with Crippen molar-refractivity contribution < 1.29 is 9.90 Å². The van der Waals surface area contributed by atoms with E-state index in [9.17, 15) is 4.79 Å². The van der Waals surface area contributed by atoms with Gasteiger partial charge in [-0.2, -0.15) is 0 Å². The number of carboxylic acid groups (broad SMARTS) is 1. The Labute approximate surface area is 105 Å².